The van der Waals surface area contributed by atoms with Gasteiger partial charge in [-0.1, -0.05) is 26.0 Å². The number of thiophene rings is 1. The van der Waals surface area contributed by atoms with Gasteiger partial charge in [-0.25, -0.2) is 4.98 Å². The fourth-order valence-corrected chi connectivity index (χ4v) is 4.92. The number of nitrogens with zero attached hydrogens (tertiary/aromatic N) is 2. The predicted octanol–water partition coefficient (Wildman–Crippen LogP) is 4.80. The van der Waals surface area contributed by atoms with Crippen LogP contribution in [0.2, 0.25) is 0 Å². The summed E-state index contributed by atoms with van der Waals surface area (Å²) in [4.78, 5) is 44.1. The van der Waals surface area contributed by atoms with Crippen LogP contribution in [0.4, 0.5) is 11.4 Å². The van der Waals surface area contributed by atoms with Crippen molar-refractivity contribution in [1.29, 1.82) is 0 Å². The lowest BCUT2D eigenvalue weighted by Crippen LogP contribution is -2.28. The fraction of sp³-hybridized carbons (Fsp3) is 0.259. The van der Waals surface area contributed by atoms with Crippen LogP contribution >= 0.6 is 11.3 Å². The summed E-state index contributed by atoms with van der Waals surface area (Å²) < 4.78 is 11.8. The summed E-state index contributed by atoms with van der Waals surface area (Å²) in [6, 6.07) is 12.7. The molecule has 37 heavy (non-hydrogen) atoms. The molecule has 2 amide bonds. The summed E-state index contributed by atoms with van der Waals surface area (Å²) in [5.74, 6) is 0.665. The summed E-state index contributed by atoms with van der Waals surface area (Å²) in [5, 5.41) is 5.94. The number of rotatable bonds is 8. The number of fused-ring (bicyclic) bond motifs is 1. The molecule has 0 spiro atoms. The molecule has 192 valence electrons. The standard InChI is InChI=1S/C27H28N4O5S/c1-15(2)17-6-8-18(9-7-17)29-22(32)13-31-14-28-26-23(27(31)34)16(3)24(37-26)25(33)30-20-12-19(35-4)10-11-21(20)36-5/h6-12,14-15H,13H2,1-5H3,(H,29,32)(H,30,33). The van der Waals surface area contributed by atoms with E-state index < -0.39 is 5.91 Å². The maximum Gasteiger partial charge on any atom is 0.266 e. The molecule has 0 saturated carbocycles. The largest absolute Gasteiger partial charge is 0.497 e. The number of anilines is 2. The summed E-state index contributed by atoms with van der Waals surface area (Å²) in [6.45, 7) is 5.69. The summed E-state index contributed by atoms with van der Waals surface area (Å²) >= 11 is 1.11. The van der Waals surface area contributed by atoms with Crippen LogP contribution in [0.25, 0.3) is 10.2 Å². The molecule has 2 aromatic carbocycles. The van der Waals surface area contributed by atoms with Gasteiger partial charge in [-0.2, -0.15) is 0 Å². The van der Waals surface area contributed by atoms with E-state index in [4.69, 9.17) is 9.47 Å². The van der Waals surface area contributed by atoms with Gasteiger partial charge >= 0.3 is 0 Å². The Morgan fingerprint density at radius 1 is 1.05 bits per heavy atom. The van der Waals surface area contributed by atoms with Crippen molar-refractivity contribution in [3.05, 3.63) is 75.1 Å². The quantitative estimate of drug-likeness (QED) is 0.345. The monoisotopic (exact) mass is 520 g/mol. The van der Waals surface area contributed by atoms with Crippen LogP contribution in [0.15, 0.2) is 53.6 Å². The van der Waals surface area contributed by atoms with Gasteiger partial charge in [0, 0.05) is 11.8 Å². The van der Waals surface area contributed by atoms with Crippen molar-refractivity contribution in [1.82, 2.24) is 9.55 Å². The van der Waals surface area contributed by atoms with E-state index in [1.54, 1.807) is 25.1 Å². The number of aromatic nitrogens is 2. The molecule has 0 bridgehead atoms. The van der Waals surface area contributed by atoms with E-state index >= 15 is 0 Å². The van der Waals surface area contributed by atoms with Gasteiger partial charge in [-0.05, 0) is 48.2 Å². The van der Waals surface area contributed by atoms with E-state index in [1.807, 2.05) is 24.3 Å². The molecule has 0 aliphatic heterocycles. The molecule has 2 N–H and O–H groups in total. The van der Waals surface area contributed by atoms with E-state index in [0.29, 0.717) is 49.4 Å². The van der Waals surface area contributed by atoms with E-state index in [-0.39, 0.29) is 18.0 Å². The molecule has 10 heteroatoms. The molecule has 0 radical (unpaired) electrons. The number of methoxy groups -OCH3 is 2. The number of amides is 2. The van der Waals surface area contributed by atoms with Gasteiger partial charge < -0.3 is 20.1 Å². The SMILES string of the molecule is COc1ccc(OC)c(NC(=O)c2sc3ncn(CC(=O)Nc4ccc(C(C)C)cc4)c(=O)c3c2C)c1. The van der Waals surface area contributed by atoms with Crippen LogP contribution in [0.3, 0.4) is 0 Å². The average Bonchev–Trinajstić information content (AvgIpc) is 3.23. The third kappa shape index (κ3) is 5.49. The Labute approximate surface area is 218 Å². The van der Waals surface area contributed by atoms with Crippen molar-refractivity contribution in [2.45, 2.75) is 33.2 Å². The minimum absolute atomic E-state index is 0.203. The number of nitrogens with one attached hydrogen (secondary N) is 2. The van der Waals surface area contributed by atoms with Crippen LogP contribution in [-0.2, 0) is 11.3 Å². The van der Waals surface area contributed by atoms with Crippen molar-refractivity contribution in [2.24, 2.45) is 0 Å². The minimum Gasteiger partial charge on any atom is -0.497 e. The second kappa shape index (κ2) is 10.8. The maximum atomic E-state index is 13.2. The summed E-state index contributed by atoms with van der Waals surface area (Å²) in [6.07, 6.45) is 1.33. The van der Waals surface area contributed by atoms with Crippen LogP contribution in [-0.4, -0.2) is 35.6 Å². The highest BCUT2D eigenvalue weighted by Gasteiger charge is 2.21. The lowest BCUT2D eigenvalue weighted by molar-refractivity contribution is -0.116. The second-order valence-corrected chi connectivity index (χ2v) is 9.76. The number of carbonyl (C=O) groups excluding carboxylic acids is 2. The number of benzene rings is 2. The highest BCUT2D eigenvalue weighted by atomic mass is 32.1. The molecule has 0 aliphatic rings. The molecule has 9 nitrogen and oxygen atoms in total. The Kier molecular flexibility index (Phi) is 7.58. The van der Waals surface area contributed by atoms with Gasteiger partial charge in [-0.15, -0.1) is 11.3 Å². The minimum atomic E-state index is -0.402. The number of hydrogen-bond donors (Lipinski definition) is 2. The highest BCUT2D eigenvalue weighted by molar-refractivity contribution is 7.20. The lowest BCUT2D eigenvalue weighted by Gasteiger charge is -2.11. The van der Waals surface area contributed by atoms with Crippen molar-refractivity contribution in [2.75, 3.05) is 24.9 Å². The molecule has 0 atom stereocenters. The summed E-state index contributed by atoms with van der Waals surface area (Å²) in [5.41, 5.74) is 2.36. The molecule has 2 aromatic heterocycles. The van der Waals surface area contributed by atoms with Crippen LogP contribution < -0.4 is 25.7 Å². The first-order valence-electron chi connectivity index (χ1n) is 11.6. The Bertz CT molecular complexity index is 1520. The molecular formula is C27H28N4O5S. The van der Waals surface area contributed by atoms with Crippen LogP contribution in [0, 0.1) is 6.92 Å². The average molecular weight is 521 g/mol. The van der Waals surface area contributed by atoms with E-state index in [0.717, 1.165) is 11.3 Å². The van der Waals surface area contributed by atoms with Crippen molar-refractivity contribution in [3.63, 3.8) is 0 Å². The first-order valence-corrected chi connectivity index (χ1v) is 12.4. The maximum absolute atomic E-state index is 13.2. The normalized spacial score (nSPS) is 11.0. The van der Waals surface area contributed by atoms with Gasteiger partial charge in [0.05, 0.1) is 36.5 Å². The van der Waals surface area contributed by atoms with Crippen molar-refractivity contribution in [3.8, 4) is 11.5 Å². The third-order valence-corrected chi connectivity index (χ3v) is 7.15. The van der Waals surface area contributed by atoms with Gasteiger partial charge in [-0.3, -0.25) is 19.0 Å². The Morgan fingerprint density at radius 3 is 2.43 bits per heavy atom. The number of hydrogen-bond acceptors (Lipinski definition) is 7. The molecule has 0 saturated heterocycles. The van der Waals surface area contributed by atoms with E-state index in [9.17, 15) is 14.4 Å². The van der Waals surface area contributed by atoms with Crippen molar-refractivity contribution < 1.29 is 19.1 Å². The number of carbonyl (C=O) groups is 2. The molecule has 0 fully saturated rings. The topological polar surface area (TPSA) is 112 Å². The predicted molar refractivity (Wildman–Crippen MR) is 145 cm³/mol. The lowest BCUT2D eigenvalue weighted by atomic mass is 10.0. The zero-order valence-corrected chi connectivity index (χ0v) is 22.1. The highest BCUT2D eigenvalue weighted by Crippen LogP contribution is 2.32. The van der Waals surface area contributed by atoms with Gasteiger partial charge in [0.1, 0.15) is 22.9 Å². The fourth-order valence-electron chi connectivity index (χ4n) is 3.89. The zero-order valence-electron chi connectivity index (χ0n) is 21.2. The smallest absolute Gasteiger partial charge is 0.266 e. The Morgan fingerprint density at radius 2 is 1.78 bits per heavy atom. The van der Waals surface area contributed by atoms with Gasteiger partial charge in [0.2, 0.25) is 5.91 Å². The van der Waals surface area contributed by atoms with Crippen LogP contribution in [0.5, 0.6) is 11.5 Å². The molecule has 4 rings (SSSR count). The molecule has 0 unspecified atom stereocenters. The number of aryl methyl sites for hydroxylation is 1. The van der Waals surface area contributed by atoms with Crippen molar-refractivity contribution >= 4 is 44.7 Å². The molecule has 0 aliphatic carbocycles. The Hall–Kier alpha value is -4.18. The van der Waals surface area contributed by atoms with Gasteiger partial charge in [0.15, 0.2) is 0 Å². The zero-order chi connectivity index (χ0) is 26.7. The first-order chi connectivity index (χ1) is 17.7. The third-order valence-electron chi connectivity index (χ3n) is 5.95. The number of ether oxygens (including phenoxy) is 2. The van der Waals surface area contributed by atoms with E-state index in [2.05, 4.69) is 29.5 Å². The van der Waals surface area contributed by atoms with E-state index in [1.165, 1.54) is 30.7 Å². The van der Waals surface area contributed by atoms with Gasteiger partial charge in [0.25, 0.3) is 11.5 Å². The molecule has 4 aromatic rings. The molecular weight excluding hydrogens is 492 g/mol. The summed E-state index contributed by atoms with van der Waals surface area (Å²) in [7, 11) is 3.04. The Balaban J connectivity index is 1.56. The second-order valence-electron chi connectivity index (χ2n) is 8.76. The van der Waals surface area contributed by atoms with Crippen LogP contribution in [0.1, 0.15) is 40.6 Å². The first kappa shape index (κ1) is 25.9. The molecule has 2 heterocycles.